The predicted octanol–water partition coefficient (Wildman–Crippen LogP) is 1.46. The van der Waals surface area contributed by atoms with Gasteiger partial charge >= 0.3 is 0 Å². The number of thiazole rings is 1. The molecule has 0 N–H and O–H groups in total. The van der Waals surface area contributed by atoms with Crippen LogP contribution in [0.4, 0.5) is 4.39 Å². The Balaban J connectivity index is 2.76. The molecule has 0 radical (unpaired) electrons. The zero-order chi connectivity index (χ0) is 6.69. The van der Waals surface area contributed by atoms with Crippen molar-refractivity contribution in [3.05, 3.63) is 16.3 Å². The van der Waals surface area contributed by atoms with Crippen LogP contribution >= 0.6 is 11.3 Å². The Morgan fingerprint density at radius 1 is 1.89 bits per heavy atom. The number of aromatic nitrogens is 1. The van der Waals surface area contributed by atoms with Gasteiger partial charge in [-0.25, -0.2) is 4.98 Å². The van der Waals surface area contributed by atoms with Gasteiger partial charge in [-0.15, -0.1) is 12.3 Å². The first-order valence-electron chi connectivity index (χ1n) is 2.36. The molecule has 0 bridgehead atoms. The van der Waals surface area contributed by atoms with Crippen LogP contribution in [0.5, 0.6) is 0 Å². The van der Waals surface area contributed by atoms with E-state index in [0.29, 0.717) is 12.1 Å². The van der Waals surface area contributed by atoms with E-state index < -0.39 is 5.26 Å². The Bertz CT molecular complexity index is 235. The van der Waals surface area contributed by atoms with Gasteiger partial charge in [0.2, 0.25) is 0 Å². The highest BCUT2D eigenvalue weighted by molar-refractivity contribution is 7.08. The predicted molar refractivity (Wildman–Crippen MR) is 34.6 cm³/mol. The molecule has 0 aliphatic rings. The van der Waals surface area contributed by atoms with Crippen LogP contribution in [-0.4, -0.2) is 4.98 Å². The Kier molecular flexibility index (Phi) is 1.81. The molecule has 0 aromatic carbocycles. The fourth-order valence-electron chi connectivity index (χ4n) is 0.468. The minimum atomic E-state index is -0.416. The smallest absolute Gasteiger partial charge is 0.214 e. The van der Waals surface area contributed by atoms with Crippen LogP contribution in [0.2, 0.25) is 0 Å². The first-order chi connectivity index (χ1) is 4.33. The van der Waals surface area contributed by atoms with E-state index in [-0.39, 0.29) is 0 Å². The molecule has 1 nitrogen and oxygen atoms in total. The number of rotatable bonds is 1. The number of hydrogen-bond acceptors (Lipinski definition) is 2. The summed E-state index contributed by atoms with van der Waals surface area (Å²) in [6, 6.07) is 0. The second-order valence-corrected chi connectivity index (χ2v) is 2.28. The van der Waals surface area contributed by atoms with E-state index in [9.17, 15) is 4.39 Å². The molecule has 0 aliphatic heterocycles. The second kappa shape index (κ2) is 2.60. The molecular weight excluding hydrogens is 137 g/mol. The van der Waals surface area contributed by atoms with E-state index in [1.807, 2.05) is 0 Å². The van der Waals surface area contributed by atoms with E-state index in [2.05, 4.69) is 10.9 Å². The van der Waals surface area contributed by atoms with Gasteiger partial charge in [-0.1, -0.05) is 11.3 Å². The fraction of sp³-hybridized carbons (Fsp3) is 0.167. The molecule has 1 aromatic rings. The molecule has 0 atom stereocenters. The zero-order valence-corrected chi connectivity index (χ0v) is 5.41. The van der Waals surface area contributed by atoms with Crippen molar-refractivity contribution >= 4 is 11.3 Å². The van der Waals surface area contributed by atoms with Crippen molar-refractivity contribution in [2.75, 3.05) is 0 Å². The van der Waals surface area contributed by atoms with Crippen molar-refractivity contribution in [1.29, 1.82) is 0 Å². The lowest BCUT2D eigenvalue weighted by atomic mass is 10.4. The fourth-order valence-corrected chi connectivity index (χ4v) is 1.01. The molecule has 0 spiro atoms. The molecule has 0 saturated carbocycles. The summed E-state index contributed by atoms with van der Waals surface area (Å²) in [5.74, 6) is 2.37. The number of hydrogen-bond donors (Lipinski definition) is 0. The van der Waals surface area contributed by atoms with Gasteiger partial charge in [-0.2, -0.15) is 4.39 Å². The van der Waals surface area contributed by atoms with Gasteiger partial charge in [-0.05, 0) is 0 Å². The summed E-state index contributed by atoms with van der Waals surface area (Å²) < 4.78 is 12.1. The third-order valence-corrected chi connectivity index (χ3v) is 1.48. The molecule has 1 heterocycles. The average molecular weight is 141 g/mol. The molecule has 0 saturated heterocycles. The van der Waals surface area contributed by atoms with Gasteiger partial charge in [0.05, 0.1) is 12.1 Å². The maximum Gasteiger partial charge on any atom is 0.269 e. The lowest BCUT2D eigenvalue weighted by Gasteiger charge is -1.78. The Labute approximate surface area is 56.6 Å². The van der Waals surface area contributed by atoms with Crippen LogP contribution in [0.15, 0.2) is 5.38 Å². The van der Waals surface area contributed by atoms with Crippen LogP contribution in [-0.2, 0) is 6.42 Å². The minimum absolute atomic E-state index is 0.416. The highest BCUT2D eigenvalue weighted by Crippen LogP contribution is 2.06. The summed E-state index contributed by atoms with van der Waals surface area (Å²) >= 11 is 0.971. The maximum atomic E-state index is 12.1. The molecule has 9 heavy (non-hydrogen) atoms. The normalized spacial score (nSPS) is 8.89. The monoisotopic (exact) mass is 141 g/mol. The van der Waals surface area contributed by atoms with E-state index in [1.165, 1.54) is 0 Å². The van der Waals surface area contributed by atoms with Crippen LogP contribution in [0.3, 0.4) is 0 Å². The maximum absolute atomic E-state index is 12.1. The summed E-state index contributed by atoms with van der Waals surface area (Å²) in [4.78, 5) is 3.51. The van der Waals surface area contributed by atoms with Crippen LogP contribution in [0, 0.1) is 17.6 Å². The highest BCUT2D eigenvalue weighted by Gasteiger charge is 1.96. The number of terminal acetylenes is 1. The molecule has 0 fully saturated rings. The van der Waals surface area contributed by atoms with Gasteiger partial charge in [0.1, 0.15) is 0 Å². The standard InChI is InChI=1S/C6H4FNS/c1-2-3-5-4-9-6(7)8-5/h1,4H,3H2. The van der Waals surface area contributed by atoms with Gasteiger partial charge in [-0.3, -0.25) is 0 Å². The van der Waals surface area contributed by atoms with E-state index in [0.717, 1.165) is 11.3 Å². The highest BCUT2D eigenvalue weighted by atomic mass is 32.1. The third-order valence-electron chi connectivity index (χ3n) is 0.807. The Morgan fingerprint density at radius 2 is 2.67 bits per heavy atom. The molecule has 0 aliphatic carbocycles. The summed E-state index contributed by atoms with van der Waals surface area (Å²) in [7, 11) is 0. The molecular formula is C6H4FNS. The van der Waals surface area contributed by atoms with Crippen molar-refractivity contribution < 1.29 is 4.39 Å². The molecule has 0 amide bonds. The van der Waals surface area contributed by atoms with Crippen LogP contribution in [0.25, 0.3) is 0 Å². The molecule has 1 aromatic heterocycles. The quantitative estimate of drug-likeness (QED) is 0.539. The molecule has 0 unspecified atom stereocenters. The minimum Gasteiger partial charge on any atom is -0.214 e. The third kappa shape index (κ3) is 1.51. The molecule has 1 rings (SSSR count). The van der Waals surface area contributed by atoms with Crippen LogP contribution in [0.1, 0.15) is 5.69 Å². The first-order valence-corrected chi connectivity index (χ1v) is 3.24. The van der Waals surface area contributed by atoms with Gasteiger partial charge in [0, 0.05) is 5.38 Å². The van der Waals surface area contributed by atoms with E-state index in [1.54, 1.807) is 5.38 Å². The van der Waals surface area contributed by atoms with E-state index >= 15 is 0 Å². The summed E-state index contributed by atoms with van der Waals surface area (Å²) in [5.41, 5.74) is 0.639. The first kappa shape index (κ1) is 6.24. The molecule has 3 heteroatoms. The number of halogens is 1. The van der Waals surface area contributed by atoms with Crippen molar-refractivity contribution in [1.82, 2.24) is 4.98 Å². The largest absolute Gasteiger partial charge is 0.269 e. The van der Waals surface area contributed by atoms with Crippen molar-refractivity contribution in [3.63, 3.8) is 0 Å². The summed E-state index contributed by atoms with van der Waals surface area (Å²) in [6.07, 6.45) is 5.38. The van der Waals surface area contributed by atoms with Gasteiger partial charge < -0.3 is 0 Å². The Hall–Kier alpha value is -0.880. The lowest BCUT2D eigenvalue weighted by Crippen LogP contribution is -1.79. The van der Waals surface area contributed by atoms with Gasteiger partial charge in [0.15, 0.2) is 0 Å². The Morgan fingerprint density at radius 3 is 3.11 bits per heavy atom. The lowest BCUT2D eigenvalue weighted by molar-refractivity contribution is 0.613. The van der Waals surface area contributed by atoms with Crippen molar-refractivity contribution in [2.45, 2.75) is 6.42 Å². The molecule has 46 valence electrons. The van der Waals surface area contributed by atoms with E-state index in [4.69, 9.17) is 6.42 Å². The van der Waals surface area contributed by atoms with Crippen molar-refractivity contribution in [2.24, 2.45) is 0 Å². The average Bonchev–Trinajstić information content (AvgIpc) is 2.17. The topological polar surface area (TPSA) is 12.9 Å². The SMILES string of the molecule is C#CCc1csc(F)n1. The van der Waals surface area contributed by atoms with Crippen LogP contribution < -0.4 is 0 Å². The summed E-state index contributed by atoms with van der Waals surface area (Å²) in [5, 5.41) is 1.20. The van der Waals surface area contributed by atoms with Crippen molar-refractivity contribution in [3.8, 4) is 12.3 Å². The second-order valence-electron chi connectivity index (χ2n) is 1.47. The van der Waals surface area contributed by atoms with Gasteiger partial charge in [0.25, 0.3) is 5.26 Å². The summed E-state index contributed by atoms with van der Waals surface area (Å²) in [6.45, 7) is 0. The zero-order valence-electron chi connectivity index (χ0n) is 4.60. The number of nitrogens with zero attached hydrogens (tertiary/aromatic N) is 1.